The normalized spacial score (nSPS) is 18.3. The summed E-state index contributed by atoms with van der Waals surface area (Å²) in [4.78, 5) is 15.3. The van der Waals surface area contributed by atoms with E-state index >= 15 is 0 Å². The number of carbonyl (C=O) groups excluding carboxylic acids is 1. The Morgan fingerprint density at radius 1 is 1.10 bits per heavy atom. The lowest BCUT2D eigenvalue weighted by Gasteiger charge is -2.46. The summed E-state index contributed by atoms with van der Waals surface area (Å²) in [5, 5.41) is 3.59. The van der Waals surface area contributed by atoms with Crippen LogP contribution in [0.1, 0.15) is 48.9 Å². The Balaban J connectivity index is 1.70. The van der Waals surface area contributed by atoms with E-state index < -0.39 is 5.66 Å². The van der Waals surface area contributed by atoms with Crippen LogP contribution in [0.25, 0.3) is 0 Å². The van der Waals surface area contributed by atoms with E-state index in [1.807, 2.05) is 72.5 Å². The highest BCUT2D eigenvalue weighted by Crippen LogP contribution is 2.39. The highest BCUT2D eigenvalue weighted by Gasteiger charge is 2.43. The molecule has 0 saturated heterocycles. The number of amides is 1. The lowest BCUT2D eigenvalue weighted by atomic mass is 9.93. The third kappa shape index (κ3) is 3.92. The molecular weight excluding hydrogens is 376 g/mol. The van der Waals surface area contributed by atoms with Crippen molar-refractivity contribution in [1.82, 2.24) is 4.90 Å². The lowest BCUT2D eigenvalue weighted by molar-refractivity contribution is 0.0486. The first kappa shape index (κ1) is 20.1. The number of nitrogens with zero attached hydrogens (tertiary/aromatic N) is 1. The molecule has 4 rings (SSSR count). The summed E-state index contributed by atoms with van der Waals surface area (Å²) < 4.78 is 11.5. The van der Waals surface area contributed by atoms with Gasteiger partial charge in [-0.15, -0.1) is 0 Å². The van der Waals surface area contributed by atoms with Crippen molar-refractivity contribution in [3.63, 3.8) is 0 Å². The van der Waals surface area contributed by atoms with Crippen molar-refractivity contribution in [2.45, 2.75) is 39.4 Å². The second kappa shape index (κ2) is 8.27. The molecule has 1 aliphatic heterocycles. The Labute approximate surface area is 177 Å². The first-order chi connectivity index (χ1) is 14.5. The average molecular weight is 405 g/mol. The molecule has 0 radical (unpaired) electrons. The van der Waals surface area contributed by atoms with Crippen LogP contribution in [0.4, 0.5) is 5.69 Å². The van der Waals surface area contributed by atoms with Crippen molar-refractivity contribution in [3.05, 3.63) is 83.8 Å². The molecule has 0 saturated carbocycles. The molecule has 30 heavy (non-hydrogen) atoms. The summed E-state index contributed by atoms with van der Waals surface area (Å²) in [5.41, 5.74) is 1.69. The van der Waals surface area contributed by atoms with Crippen molar-refractivity contribution in [2.75, 3.05) is 11.9 Å². The Morgan fingerprint density at radius 3 is 2.70 bits per heavy atom. The number of rotatable bonds is 7. The van der Waals surface area contributed by atoms with E-state index in [1.54, 1.807) is 6.26 Å². The monoisotopic (exact) mass is 404 g/mol. The van der Waals surface area contributed by atoms with Crippen LogP contribution in [0.15, 0.2) is 71.3 Å². The second-order valence-corrected chi connectivity index (χ2v) is 8.27. The SMILES string of the molecule is CC(C)CCOc1cccc(C2(C)Nc3ccccc3C(=O)N2Cc2ccco2)c1. The van der Waals surface area contributed by atoms with Gasteiger partial charge in [-0.05, 0) is 55.7 Å². The van der Waals surface area contributed by atoms with Gasteiger partial charge in [-0.2, -0.15) is 0 Å². The maximum atomic E-state index is 13.5. The van der Waals surface area contributed by atoms with Gasteiger partial charge >= 0.3 is 0 Å². The van der Waals surface area contributed by atoms with Gasteiger partial charge in [0.05, 0.1) is 25.0 Å². The van der Waals surface area contributed by atoms with Crippen LogP contribution in [0, 0.1) is 5.92 Å². The van der Waals surface area contributed by atoms with Gasteiger partial charge in [-0.25, -0.2) is 0 Å². The number of fused-ring (bicyclic) bond motifs is 1. The number of hydrogen-bond acceptors (Lipinski definition) is 4. The van der Waals surface area contributed by atoms with E-state index in [9.17, 15) is 4.79 Å². The molecule has 0 spiro atoms. The summed E-state index contributed by atoms with van der Waals surface area (Å²) in [6.45, 7) is 7.42. The Hall–Kier alpha value is -3.21. The van der Waals surface area contributed by atoms with Gasteiger partial charge in [-0.1, -0.05) is 38.1 Å². The van der Waals surface area contributed by atoms with E-state index in [4.69, 9.17) is 9.15 Å². The highest BCUT2D eigenvalue weighted by atomic mass is 16.5. The first-order valence-electron chi connectivity index (χ1n) is 10.4. The fourth-order valence-electron chi connectivity index (χ4n) is 3.77. The van der Waals surface area contributed by atoms with Gasteiger partial charge < -0.3 is 19.4 Å². The Bertz CT molecular complexity index is 1010. The molecule has 1 aliphatic rings. The zero-order valence-corrected chi connectivity index (χ0v) is 17.7. The summed E-state index contributed by atoms with van der Waals surface area (Å²) in [6.07, 6.45) is 2.63. The maximum absolute atomic E-state index is 13.5. The van der Waals surface area contributed by atoms with Crippen molar-refractivity contribution >= 4 is 11.6 Å². The molecule has 1 atom stereocenters. The highest BCUT2D eigenvalue weighted by molar-refractivity contribution is 6.02. The topological polar surface area (TPSA) is 54.7 Å². The van der Waals surface area contributed by atoms with Crippen LogP contribution >= 0.6 is 0 Å². The van der Waals surface area contributed by atoms with Crippen LogP contribution in [-0.4, -0.2) is 17.4 Å². The number of carbonyl (C=O) groups is 1. The van der Waals surface area contributed by atoms with Crippen molar-refractivity contribution in [1.29, 1.82) is 0 Å². The minimum Gasteiger partial charge on any atom is -0.494 e. The number of anilines is 1. The fraction of sp³-hybridized carbons (Fsp3) is 0.320. The summed E-state index contributed by atoms with van der Waals surface area (Å²) in [5.74, 6) is 2.10. The quantitative estimate of drug-likeness (QED) is 0.553. The third-order valence-corrected chi connectivity index (χ3v) is 5.57. The van der Waals surface area contributed by atoms with Gasteiger partial charge in [0, 0.05) is 11.3 Å². The van der Waals surface area contributed by atoms with Gasteiger partial charge in [-0.3, -0.25) is 4.79 Å². The van der Waals surface area contributed by atoms with Gasteiger partial charge in [0.15, 0.2) is 0 Å². The molecule has 0 fully saturated rings. The molecule has 1 N–H and O–H groups in total. The molecule has 1 aromatic heterocycles. The van der Waals surface area contributed by atoms with Crippen molar-refractivity contribution < 1.29 is 13.9 Å². The number of ether oxygens (including phenoxy) is 1. The standard InChI is InChI=1S/C25H28N2O3/c1-18(2)13-15-30-20-9-6-8-19(16-20)25(3)26-23-12-5-4-11-22(23)24(28)27(25)17-21-10-7-14-29-21/h4-12,14,16,18,26H,13,15,17H2,1-3H3. The molecule has 1 amide bonds. The first-order valence-corrected chi connectivity index (χ1v) is 10.4. The molecule has 1 unspecified atom stereocenters. The average Bonchev–Trinajstić information content (AvgIpc) is 3.24. The predicted molar refractivity (Wildman–Crippen MR) is 117 cm³/mol. The largest absolute Gasteiger partial charge is 0.494 e. The molecule has 5 heteroatoms. The summed E-state index contributed by atoms with van der Waals surface area (Å²) >= 11 is 0. The molecular formula is C25H28N2O3. The molecule has 3 aromatic rings. The van der Waals surface area contributed by atoms with Crippen molar-refractivity contribution in [3.8, 4) is 5.75 Å². The van der Waals surface area contributed by atoms with E-state index in [1.165, 1.54) is 0 Å². The van der Waals surface area contributed by atoms with Crippen LogP contribution in [0.5, 0.6) is 5.75 Å². The minimum atomic E-state index is -0.754. The number of furan rings is 1. The van der Waals surface area contributed by atoms with Crippen molar-refractivity contribution in [2.24, 2.45) is 5.92 Å². The second-order valence-electron chi connectivity index (χ2n) is 8.27. The van der Waals surface area contributed by atoms with Crippen LogP contribution < -0.4 is 10.1 Å². The molecule has 5 nitrogen and oxygen atoms in total. The maximum Gasteiger partial charge on any atom is 0.258 e. The minimum absolute atomic E-state index is 0.0330. The smallest absolute Gasteiger partial charge is 0.258 e. The van der Waals surface area contributed by atoms with Gasteiger partial charge in [0.25, 0.3) is 5.91 Å². The molecule has 0 bridgehead atoms. The van der Waals surface area contributed by atoms with E-state index in [2.05, 4.69) is 19.2 Å². The molecule has 2 heterocycles. The van der Waals surface area contributed by atoms with E-state index in [0.29, 0.717) is 24.6 Å². The molecule has 2 aromatic carbocycles. The Kier molecular flexibility index (Phi) is 5.53. The molecule has 156 valence electrons. The van der Waals surface area contributed by atoms with E-state index in [-0.39, 0.29) is 5.91 Å². The predicted octanol–water partition coefficient (Wildman–Crippen LogP) is 5.65. The number of hydrogen-bond donors (Lipinski definition) is 1. The third-order valence-electron chi connectivity index (χ3n) is 5.57. The van der Waals surface area contributed by atoms with E-state index in [0.717, 1.165) is 29.2 Å². The van der Waals surface area contributed by atoms with Crippen LogP contribution in [-0.2, 0) is 12.2 Å². The van der Waals surface area contributed by atoms with Gasteiger partial charge in [0.2, 0.25) is 0 Å². The number of benzene rings is 2. The number of nitrogens with one attached hydrogen (secondary N) is 1. The zero-order chi connectivity index (χ0) is 21.1. The van der Waals surface area contributed by atoms with Gasteiger partial charge in [0.1, 0.15) is 17.2 Å². The number of para-hydroxylation sites is 1. The lowest BCUT2D eigenvalue weighted by Crippen LogP contribution is -2.55. The molecule has 0 aliphatic carbocycles. The Morgan fingerprint density at radius 2 is 1.93 bits per heavy atom. The van der Waals surface area contributed by atoms with Crippen LogP contribution in [0.3, 0.4) is 0 Å². The zero-order valence-electron chi connectivity index (χ0n) is 17.7. The summed E-state index contributed by atoms with van der Waals surface area (Å²) in [7, 11) is 0. The fourth-order valence-corrected chi connectivity index (χ4v) is 3.77. The summed E-state index contributed by atoms with van der Waals surface area (Å²) in [6, 6.07) is 19.3. The van der Waals surface area contributed by atoms with Crippen LogP contribution in [0.2, 0.25) is 0 Å².